The van der Waals surface area contributed by atoms with Crippen molar-refractivity contribution in [2.75, 3.05) is 0 Å². The molecule has 0 radical (unpaired) electrons. The number of aliphatic carboxylic acids is 1. The number of carboxylic acid groups (broad SMARTS) is 1. The van der Waals surface area contributed by atoms with Gasteiger partial charge in [0.05, 0.1) is 0 Å². The molecule has 0 spiro atoms. The number of carbonyl (C=O) groups excluding carboxylic acids is 1. The van der Waals surface area contributed by atoms with Crippen LogP contribution < -0.4 is 56.5 Å². The van der Waals surface area contributed by atoms with E-state index in [0.29, 0.717) is 0 Å². The summed E-state index contributed by atoms with van der Waals surface area (Å²) in [7, 11) is 0. The van der Waals surface area contributed by atoms with Crippen molar-refractivity contribution in [3.8, 4) is 0 Å². The van der Waals surface area contributed by atoms with Crippen LogP contribution >= 0.6 is 0 Å². The predicted molar refractivity (Wildman–Crippen MR) is 86.6 cm³/mol. The Labute approximate surface area is 175 Å². The van der Waals surface area contributed by atoms with Gasteiger partial charge in [-0.1, -0.05) is 77.7 Å². The Morgan fingerprint density at radius 1 is 0.857 bits per heavy atom. The average Bonchev–Trinajstić information content (AvgIpc) is 2.43. The molecule has 0 aliphatic carbocycles. The Morgan fingerprint density at radius 3 is 1.71 bits per heavy atom. The molecular weight excluding hydrogens is 287 g/mol. The molecule has 0 unspecified atom stereocenters. The number of hydrogen-bond donors (Lipinski definition) is 0. The Balaban J connectivity index is -0.000000295. The molecule has 2 nitrogen and oxygen atoms in total. The van der Waals surface area contributed by atoms with Crippen LogP contribution in [0.1, 0.15) is 97.3 Å². The minimum absolute atomic E-state index is 0. The van der Waals surface area contributed by atoms with E-state index in [2.05, 4.69) is 20.4 Å². The fourth-order valence-electron chi connectivity index (χ4n) is 1.94. The van der Waals surface area contributed by atoms with Crippen LogP contribution in [-0.4, -0.2) is 5.97 Å². The zero-order valence-corrected chi connectivity index (χ0v) is 17.9. The predicted octanol–water partition coefficient (Wildman–Crippen LogP) is 2.02. The zero-order chi connectivity index (χ0) is 15.5. The van der Waals surface area contributed by atoms with E-state index in [1.165, 1.54) is 57.8 Å². The second kappa shape index (κ2) is 25.8. The average molecular weight is 323 g/mol. The van der Waals surface area contributed by atoms with Crippen molar-refractivity contribution in [1.29, 1.82) is 0 Å². The standard InChI is InChI=1S/C10H20.C8H16O2.K/c1-3-5-7-9-10-8-6-4-2;1-2-3-4-5-6-7-8(9)10;/h3H,1,4-10H2,2H3;2-7H2,1H3,(H,9,10);/q;;+1/p-1. The van der Waals surface area contributed by atoms with E-state index in [1.807, 2.05) is 6.08 Å². The molecule has 120 valence electrons. The molecule has 0 bridgehead atoms. The summed E-state index contributed by atoms with van der Waals surface area (Å²) in [5.41, 5.74) is 0. The molecule has 0 aliphatic heterocycles. The first-order valence-corrected chi connectivity index (χ1v) is 8.49. The number of rotatable bonds is 13. The molecule has 0 aromatic rings. The van der Waals surface area contributed by atoms with Crippen LogP contribution in [0.15, 0.2) is 12.7 Å². The molecule has 0 atom stereocenters. The minimum atomic E-state index is -0.920. The Bertz CT molecular complexity index is 205. The molecule has 0 heterocycles. The van der Waals surface area contributed by atoms with E-state index in [-0.39, 0.29) is 57.8 Å². The SMILES string of the molecule is C=CCCCCCCCC.CCCCCCCC(=O)[O-].[K+]. The van der Waals surface area contributed by atoms with Gasteiger partial charge in [-0.05, 0) is 25.7 Å². The topological polar surface area (TPSA) is 40.1 Å². The van der Waals surface area contributed by atoms with Crippen molar-refractivity contribution in [3.05, 3.63) is 12.7 Å². The monoisotopic (exact) mass is 322 g/mol. The van der Waals surface area contributed by atoms with Gasteiger partial charge in [-0.15, -0.1) is 6.58 Å². The smallest absolute Gasteiger partial charge is 0.550 e. The van der Waals surface area contributed by atoms with Gasteiger partial charge in [0.25, 0.3) is 0 Å². The van der Waals surface area contributed by atoms with Gasteiger partial charge in [-0.3, -0.25) is 0 Å². The molecule has 0 saturated heterocycles. The fourth-order valence-corrected chi connectivity index (χ4v) is 1.94. The van der Waals surface area contributed by atoms with E-state index in [4.69, 9.17) is 0 Å². The quantitative estimate of drug-likeness (QED) is 0.296. The Hall–Kier alpha value is 0.846. The van der Waals surface area contributed by atoms with Gasteiger partial charge >= 0.3 is 51.4 Å². The van der Waals surface area contributed by atoms with E-state index < -0.39 is 5.97 Å². The van der Waals surface area contributed by atoms with Crippen molar-refractivity contribution < 1.29 is 61.3 Å². The van der Waals surface area contributed by atoms with Crippen LogP contribution in [0, 0.1) is 0 Å². The molecule has 21 heavy (non-hydrogen) atoms. The summed E-state index contributed by atoms with van der Waals surface area (Å²) >= 11 is 0. The van der Waals surface area contributed by atoms with E-state index in [9.17, 15) is 9.90 Å². The number of unbranched alkanes of at least 4 members (excludes halogenated alkanes) is 10. The summed E-state index contributed by atoms with van der Waals surface area (Å²) in [5.74, 6) is -0.920. The fraction of sp³-hybridized carbons (Fsp3) is 0.833. The summed E-state index contributed by atoms with van der Waals surface area (Å²) in [6, 6.07) is 0. The van der Waals surface area contributed by atoms with Crippen molar-refractivity contribution in [2.45, 2.75) is 97.3 Å². The van der Waals surface area contributed by atoms with Gasteiger partial charge in [-0.2, -0.15) is 0 Å². The van der Waals surface area contributed by atoms with E-state index in [1.54, 1.807) is 0 Å². The Kier molecular flexibility index (Phi) is 32.8. The minimum Gasteiger partial charge on any atom is -0.550 e. The van der Waals surface area contributed by atoms with Gasteiger partial charge in [0.1, 0.15) is 0 Å². The van der Waals surface area contributed by atoms with Crippen LogP contribution in [-0.2, 0) is 4.79 Å². The van der Waals surface area contributed by atoms with Crippen LogP contribution in [0.3, 0.4) is 0 Å². The van der Waals surface area contributed by atoms with Crippen LogP contribution in [0.25, 0.3) is 0 Å². The molecule has 0 N–H and O–H groups in total. The van der Waals surface area contributed by atoms with Gasteiger partial charge in [-0.25, -0.2) is 0 Å². The molecule has 0 aromatic heterocycles. The third-order valence-corrected chi connectivity index (χ3v) is 3.25. The largest absolute Gasteiger partial charge is 1.00 e. The second-order valence-electron chi connectivity index (χ2n) is 5.38. The number of carboxylic acids is 1. The molecule has 0 saturated carbocycles. The van der Waals surface area contributed by atoms with Crippen LogP contribution in [0.5, 0.6) is 0 Å². The normalized spacial score (nSPS) is 9.24. The third-order valence-electron chi connectivity index (χ3n) is 3.25. The van der Waals surface area contributed by atoms with Gasteiger partial charge in [0.2, 0.25) is 0 Å². The summed E-state index contributed by atoms with van der Waals surface area (Å²) in [4.78, 5) is 9.92. The van der Waals surface area contributed by atoms with Crippen LogP contribution in [0.4, 0.5) is 0 Å². The van der Waals surface area contributed by atoms with E-state index >= 15 is 0 Å². The van der Waals surface area contributed by atoms with Crippen molar-refractivity contribution in [3.63, 3.8) is 0 Å². The van der Waals surface area contributed by atoms with Crippen molar-refractivity contribution in [1.82, 2.24) is 0 Å². The summed E-state index contributed by atoms with van der Waals surface area (Å²) in [6.07, 6.45) is 17.2. The maximum Gasteiger partial charge on any atom is 1.00 e. The maximum absolute atomic E-state index is 9.92. The summed E-state index contributed by atoms with van der Waals surface area (Å²) in [5, 5.41) is 9.92. The van der Waals surface area contributed by atoms with Gasteiger partial charge in [0.15, 0.2) is 0 Å². The zero-order valence-electron chi connectivity index (χ0n) is 14.8. The van der Waals surface area contributed by atoms with Crippen LogP contribution in [0.2, 0.25) is 0 Å². The summed E-state index contributed by atoms with van der Waals surface area (Å²) < 4.78 is 0. The van der Waals surface area contributed by atoms with Crippen molar-refractivity contribution in [2.24, 2.45) is 0 Å². The molecule has 0 amide bonds. The molecule has 3 heteroatoms. The number of hydrogen-bond acceptors (Lipinski definition) is 2. The molecule has 0 aromatic carbocycles. The van der Waals surface area contributed by atoms with Gasteiger partial charge < -0.3 is 9.90 Å². The van der Waals surface area contributed by atoms with E-state index in [0.717, 1.165) is 19.3 Å². The molecule has 0 rings (SSSR count). The summed E-state index contributed by atoms with van der Waals surface area (Å²) in [6.45, 7) is 8.09. The maximum atomic E-state index is 9.92. The molecule has 0 fully saturated rings. The first kappa shape index (κ1) is 26.7. The van der Waals surface area contributed by atoms with Crippen molar-refractivity contribution >= 4 is 5.97 Å². The second-order valence-corrected chi connectivity index (χ2v) is 5.38. The Morgan fingerprint density at radius 2 is 1.29 bits per heavy atom. The van der Waals surface area contributed by atoms with Gasteiger partial charge in [0, 0.05) is 5.97 Å². The first-order chi connectivity index (χ1) is 9.68. The molecular formula is C18H35KO2. The number of carbonyl (C=O) groups is 1. The number of allylic oxidation sites excluding steroid dienone is 1. The third kappa shape index (κ3) is 33.6. The molecule has 0 aliphatic rings. The first-order valence-electron chi connectivity index (χ1n) is 8.49.